The van der Waals surface area contributed by atoms with Gasteiger partial charge in [0.2, 0.25) is 0 Å². The van der Waals surface area contributed by atoms with Crippen molar-refractivity contribution in [2.45, 2.75) is 56.8 Å². The molecule has 7 heteroatoms. The zero-order valence-corrected chi connectivity index (χ0v) is 18.7. The van der Waals surface area contributed by atoms with E-state index in [-0.39, 0.29) is 23.7 Å². The highest BCUT2D eigenvalue weighted by atomic mass is 16.5. The van der Waals surface area contributed by atoms with Gasteiger partial charge in [0.25, 0.3) is 0 Å². The van der Waals surface area contributed by atoms with Gasteiger partial charge in [-0.1, -0.05) is 30.3 Å². The number of guanidine groups is 1. The molecule has 7 nitrogen and oxygen atoms in total. The number of aliphatic imine (C=N–C) groups is 1. The number of rotatable bonds is 9. The second kappa shape index (κ2) is 11.6. The maximum Gasteiger partial charge on any atom is 0.191 e. The third-order valence-electron chi connectivity index (χ3n) is 5.94. The van der Waals surface area contributed by atoms with E-state index in [4.69, 9.17) is 14.2 Å². The van der Waals surface area contributed by atoms with E-state index < -0.39 is 0 Å². The van der Waals surface area contributed by atoms with Gasteiger partial charge in [-0.25, -0.2) is 0 Å². The third kappa shape index (κ3) is 6.94. The topological polar surface area (TPSA) is 76.1 Å². The van der Waals surface area contributed by atoms with Gasteiger partial charge in [-0.3, -0.25) is 4.99 Å². The van der Waals surface area contributed by atoms with E-state index in [0.29, 0.717) is 13.2 Å². The molecule has 3 N–H and O–H groups in total. The molecule has 3 atom stereocenters. The Balaban J connectivity index is 1.52. The van der Waals surface area contributed by atoms with Crippen LogP contribution in [0.3, 0.4) is 0 Å². The smallest absolute Gasteiger partial charge is 0.191 e. The average Bonchev–Trinajstić information content (AvgIpc) is 3.30. The first-order valence-electron chi connectivity index (χ1n) is 11.2. The molecular weight excluding hydrogens is 380 g/mol. The number of ether oxygens (including phenoxy) is 3. The monoisotopic (exact) mass is 418 g/mol. The number of nitrogens with one attached hydrogen (secondary N) is 3. The Morgan fingerprint density at radius 3 is 2.60 bits per heavy atom. The first-order chi connectivity index (χ1) is 14.6. The molecule has 2 aliphatic rings. The Morgan fingerprint density at radius 2 is 1.93 bits per heavy atom. The van der Waals surface area contributed by atoms with E-state index in [9.17, 15) is 0 Å². The molecule has 2 saturated heterocycles. The van der Waals surface area contributed by atoms with Crippen LogP contribution in [-0.2, 0) is 14.2 Å². The summed E-state index contributed by atoms with van der Waals surface area (Å²) < 4.78 is 17.0. The summed E-state index contributed by atoms with van der Waals surface area (Å²) >= 11 is 0. The normalized spacial score (nSPS) is 23.7. The molecule has 3 rings (SSSR count). The Kier molecular flexibility index (Phi) is 8.93. The summed E-state index contributed by atoms with van der Waals surface area (Å²) in [5.41, 5.74) is 1.26. The van der Waals surface area contributed by atoms with Crippen molar-refractivity contribution in [2.24, 2.45) is 4.99 Å². The highest BCUT2D eigenvalue weighted by molar-refractivity contribution is 5.80. The van der Waals surface area contributed by atoms with E-state index in [2.05, 4.69) is 65.1 Å². The Bertz CT molecular complexity index is 643. The van der Waals surface area contributed by atoms with Crippen molar-refractivity contribution in [2.75, 3.05) is 46.6 Å². The Hall–Kier alpha value is -1.67. The molecule has 0 saturated carbocycles. The molecular formula is C23H38N4O3. The number of hydrogen-bond acceptors (Lipinski definition) is 5. The van der Waals surface area contributed by atoms with Crippen molar-refractivity contribution >= 4 is 5.96 Å². The molecule has 0 spiro atoms. The van der Waals surface area contributed by atoms with Crippen LogP contribution in [0.1, 0.15) is 44.7 Å². The minimum absolute atomic E-state index is 0.0357. The second-order valence-corrected chi connectivity index (χ2v) is 8.46. The minimum Gasteiger partial charge on any atom is -0.381 e. The molecule has 0 radical (unpaired) electrons. The lowest BCUT2D eigenvalue weighted by Gasteiger charge is -2.41. The van der Waals surface area contributed by atoms with E-state index in [0.717, 1.165) is 51.6 Å². The molecule has 2 aliphatic heterocycles. The quantitative estimate of drug-likeness (QED) is 0.422. The summed E-state index contributed by atoms with van der Waals surface area (Å²) in [7, 11) is 1.81. The fourth-order valence-corrected chi connectivity index (χ4v) is 4.07. The first-order valence-corrected chi connectivity index (χ1v) is 11.2. The Labute approximate surface area is 181 Å². The molecule has 0 bridgehead atoms. The van der Waals surface area contributed by atoms with Crippen LogP contribution in [0.5, 0.6) is 0 Å². The Morgan fingerprint density at radius 1 is 1.17 bits per heavy atom. The van der Waals surface area contributed by atoms with Gasteiger partial charge in [-0.15, -0.1) is 0 Å². The molecule has 30 heavy (non-hydrogen) atoms. The molecule has 2 fully saturated rings. The van der Waals surface area contributed by atoms with Crippen molar-refractivity contribution in [3.63, 3.8) is 0 Å². The maximum absolute atomic E-state index is 5.93. The molecule has 0 aliphatic carbocycles. The summed E-state index contributed by atoms with van der Waals surface area (Å²) in [6, 6.07) is 11.0. The van der Waals surface area contributed by atoms with Gasteiger partial charge in [0, 0.05) is 51.0 Å². The fourth-order valence-electron chi connectivity index (χ4n) is 4.07. The van der Waals surface area contributed by atoms with Crippen LogP contribution in [0.15, 0.2) is 35.3 Å². The van der Waals surface area contributed by atoms with Crippen molar-refractivity contribution in [3.05, 3.63) is 35.9 Å². The summed E-state index contributed by atoms with van der Waals surface area (Å²) in [4.78, 5) is 4.42. The molecule has 1 aromatic rings. The number of benzene rings is 1. The van der Waals surface area contributed by atoms with E-state index >= 15 is 0 Å². The molecule has 3 unspecified atom stereocenters. The van der Waals surface area contributed by atoms with Gasteiger partial charge in [0.05, 0.1) is 19.3 Å². The van der Waals surface area contributed by atoms with E-state index in [1.807, 2.05) is 7.05 Å². The summed E-state index contributed by atoms with van der Waals surface area (Å²) in [6.07, 6.45) is 3.14. The zero-order valence-electron chi connectivity index (χ0n) is 18.7. The lowest BCUT2D eigenvalue weighted by Crippen LogP contribution is -2.58. The molecule has 168 valence electrons. The summed E-state index contributed by atoms with van der Waals surface area (Å²) in [5, 5.41) is 10.9. The van der Waals surface area contributed by atoms with Crippen molar-refractivity contribution < 1.29 is 14.2 Å². The van der Waals surface area contributed by atoms with Crippen molar-refractivity contribution in [1.29, 1.82) is 0 Å². The molecule has 0 aromatic heterocycles. The van der Waals surface area contributed by atoms with Crippen LogP contribution in [0.4, 0.5) is 0 Å². The first kappa shape index (κ1) is 23.0. The lowest BCUT2D eigenvalue weighted by molar-refractivity contribution is 0.0335. The highest BCUT2D eigenvalue weighted by Gasteiger charge is 2.34. The molecule has 2 heterocycles. The SMILES string of the molecule is CN=C(NCC1(NC(C)c2ccccc2)CCOCC1)NC(C)COC1CCOC1. The van der Waals surface area contributed by atoms with E-state index in [1.54, 1.807) is 0 Å². The van der Waals surface area contributed by atoms with Crippen molar-refractivity contribution in [1.82, 2.24) is 16.0 Å². The number of nitrogens with zero attached hydrogens (tertiary/aromatic N) is 1. The van der Waals surface area contributed by atoms with Crippen molar-refractivity contribution in [3.8, 4) is 0 Å². The standard InChI is InChI=1S/C23H38N4O3/c1-18(15-30-21-9-12-29-16-21)26-22(24-3)25-17-23(10-13-28-14-11-23)27-19(2)20-7-5-4-6-8-20/h4-8,18-19,21,27H,9-17H2,1-3H3,(H2,24,25,26). The van der Waals surface area contributed by atoms with Gasteiger partial charge in [0.1, 0.15) is 0 Å². The second-order valence-electron chi connectivity index (χ2n) is 8.46. The average molecular weight is 419 g/mol. The van der Waals surface area contributed by atoms with Crippen LogP contribution in [-0.4, -0.2) is 70.3 Å². The minimum atomic E-state index is -0.0357. The van der Waals surface area contributed by atoms with Gasteiger partial charge < -0.3 is 30.2 Å². The van der Waals surface area contributed by atoms with Gasteiger partial charge >= 0.3 is 0 Å². The zero-order chi connectivity index (χ0) is 21.2. The van der Waals surface area contributed by atoms with Crippen LogP contribution < -0.4 is 16.0 Å². The number of hydrogen-bond donors (Lipinski definition) is 3. The van der Waals surface area contributed by atoms with Crippen LogP contribution in [0, 0.1) is 0 Å². The van der Waals surface area contributed by atoms with Gasteiger partial charge in [-0.2, -0.15) is 0 Å². The predicted octanol–water partition coefficient (Wildman–Crippen LogP) is 2.25. The third-order valence-corrected chi connectivity index (χ3v) is 5.94. The highest BCUT2D eigenvalue weighted by Crippen LogP contribution is 2.25. The van der Waals surface area contributed by atoms with Gasteiger partial charge in [0.15, 0.2) is 5.96 Å². The predicted molar refractivity (Wildman–Crippen MR) is 120 cm³/mol. The lowest BCUT2D eigenvalue weighted by atomic mass is 9.88. The fraction of sp³-hybridized carbons (Fsp3) is 0.696. The van der Waals surface area contributed by atoms with Crippen LogP contribution in [0.25, 0.3) is 0 Å². The molecule has 1 aromatic carbocycles. The summed E-state index contributed by atoms with van der Waals surface area (Å²) in [6.45, 7) is 8.82. The summed E-state index contributed by atoms with van der Waals surface area (Å²) in [5.74, 6) is 0.800. The van der Waals surface area contributed by atoms with Crippen LogP contribution >= 0.6 is 0 Å². The van der Waals surface area contributed by atoms with Crippen LogP contribution in [0.2, 0.25) is 0 Å². The van der Waals surface area contributed by atoms with E-state index in [1.165, 1.54) is 5.56 Å². The largest absolute Gasteiger partial charge is 0.381 e. The molecule has 0 amide bonds. The maximum atomic E-state index is 5.93. The van der Waals surface area contributed by atoms with Gasteiger partial charge in [-0.05, 0) is 38.7 Å².